The van der Waals surface area contributed by atoms with Gasteiger partial charge in [0.25, 0.3) is 5.91 Å². The number of hydrogen-bond donors (Lipinski definition) is 2. The van der Waals surface area contributed by atoms with Gasteiger partial charge in [0.05, 0.1) is 16.6 Å². The second kappa shape index (κ2) is 9.70. The van der Waals surface area contributed by atoms with E-state index in [9.17, 15) is 14.4 Å². The lowest BCUT2D eigenvalue weighted by Crippen LogP contribution is -2.48. The average Bonchev–Trinajstić information content (AvgIpc) is 3.47. The maximum atomic E-state index is 13.4. The van der Waals surface area contributed by atoms with Crippen LogP contribution in [-0.4, -0.2) is 51.4 Å². The van der Waals surface area contributed by atoms with E-state index in [4.69, 9.17) is 4.74 Å². The van der Waals surface area contributed by atoms with Crippen LogP contribution in [0.5, 0.6) is 0 Å². The lowest BCUT2D eigenvalue weighted by atomic mass is 10.0. The molecule has 3 amide bonds. The van der Waals surface area contributed by atoms with Gasteiger partial charge >= 0.3 is 6.09 Å². The lowest BCUT2D eigenvalue weighted by Gasteiger charge is -2.28. The zero-order valence-corrected chi connectivity index (χ0v) is 19.7. The van der Waals surface area contributed by atoms with Gasteiger partial charge < -0.3 is 20.3 Å². The zero-order chi connectivity index (χ0) is 22.7. The molecule has 0 bridgehead atoms. The maximum Gasteiger partial charge on any atom is 0.408 e. The minimum atomic E-state index is -0.945. The molecule has 2 atom stereocenters. The van der Waals surface area contributed by atoms with E-state index in [-0.39, 0.29) is 18.4 Å². The summed E-state index contributed by atoms with van der Waals surface area (Å²) in [6.45, 7) is 2.31. The third-order valence-corrected chi connectivity index (χ3v) is 6.61. The molecule has 1 aromatic carbocycles. The first-order chi connectivity index (χ1) is 15.5. The molecule has 32 heavy (non-hydrogen) atoms. The highest BCUT2D eigenvalue weighted by Crippen LogP contribution is 2.27. The van der Waals surface area contributed by atoms with Crippen LogP contribution in [0.3, 0.4) is 0 Å². The molecular formula is C21H22BrN5O4S. The predicted octanol–water partition coefficient (Wildman–Crippen LogP) is 3.58. The quantitative estimate of drug-likeness (QED) is 0.517. The van der Waals surface area contributed by atoms with Crippen molar-refractivity contribution in [3.05, 3.63) is 52.1 Å². The molecule has 11 heteroatoms. The van der Waals surface area contributed by atoms with Gasteiger partial charge in [-0.25, -0.2) is 9.78 Å². The Bertz CT molecular complexity index is 1100. The number of aromatic nitrogens is 2. The molecule has 2 aromatic heterocycles. The van der Waals surface area contributed by atoms with Crippen LogP contribution in [0.4, 0.5) is 10.6 Å². The third-order valence-electron chi connectivity index (χ3n) is 5.13. The highest BCUT2D eigenvalue weighted by molar-refractivity contribution is 9.11. The highest BCUT2D eigenvalue weighted by Gasteiger charge is 2.38. The number of carbonyl (C=O) groups is 3. The molecule has 4 rings (SSSR count). The molecule has 1 saturated heterocycles. The predicted molar refractivity (Wildman–Crippen MR) is 123 cm³/mol. The second-order valence-electron chi connectivity index (χ2n) is 7.24. The summed E-state index contributed by atoms with van der Waals surface area (Å²) in [5.41, 5.74) is 0.622. The number of hydrogen-bond acceptors (Lipinski definition) is 6. The van der Waals surface area contributed by atoms with Crippen LogP contribution >= 0.6 is 27.3 Å². The van der Waals surface area contributed by atoms with Crippen molar-refractivity contribution in [2.45, 2.75) is 31.8 Å². The van der Waals surface area contributed by atoms with Crippen LogP contribution in [0.25, 0.3) is 4.96 Å². The first kappa shape index (κ1) is 22.3. The number of carbonyl (C=O) groups excluding carboxylic acids is 3. The molecule has 2 N–H and O–H groups in total. The number of likely N-dealkylation sites (tertiary alicyclic amines) is 1. The van der Waals surface area contributed by atoms with Crippen molar-refractivity contribution in [1.29, 1.82) is 0 Å². The Labute approximate surface area is 196 Å². The maximum absolute atomic E-state index is 13.4. The third kappa shape index (κ3) is 4.78. The molecule has 9 nitrogen and oxygen atoms in total. The van der Waals surface area contributed by atoms with Crippen molar-refractivity contribution in [3.8, 4) is 0 Å². The van der Waals surface area contributed by atoms with E-state index >= 15 is 0 Å². The van der Waals surface area contributed by atoms with Gasteiger partial charge in [0.2, 0.25) is 5.91 Å². The number of nitrogens with one attached hydrogen (secondary N) is 2. The average molecular weight is 520 g/mol. The molecular weight excluding hydrogens is 498 g/mol. The van der Waals surface area contributed by atoms with E-state index < -0.39 is 18.2 Å². The van der Waals surface area contributed by atoms with Gasteiger partial charge in [0, 0.05) is 12.7 Å². The molecule has 3 aromatic rings. The summed E-state index contributed by atoms with van der Waals surface area (Å²) < 4.78 is 7.73. The molecule has 1 fully saturated rings. The van der Waals surface area contributed by atoms with E-state index in [0.717, 1.165) is 8.75 Å². The Morgan fingerprint density at radius 1 is 1.28 bits per heavy atom. The molecule has 0 saturated carbocycles. The van der Waals surface area contributed by atoms with Crippen molar-refractivity contribution in [2.75, 3.05) is 18.5 Å². The van der Waals surface area contributed by atoms with Gasteiger partial charge in [-0.1, -0.05) is 41.7 Å². The molecule has 3 heterocycles. The van der Waals surface area contributed by atoms with Crippen LogP contribution in [0.1, 0.15) is 31.4 Å². The van der Waals surface area contributed by atoms with Gasteiger partial charge in [0.1, 0.15) is 12.1 Å². The number of fused-ring (bicyclic) bond motifs is 1. The largest absolute Gasteiger partial charge is 0.450 e. The Morgan fingerprint density at radius 2 is 2.06 bits per heavy atom. The molecule has 168 valence electrons. The minimum absolute atomic E-state index is 0.189. The number of thiazole rings is 1. The summed E-state index contributed by atoms with van der Waals surface area (Å²) in [5, 5.41) is 5.45. The minimum Gasteiger partial charge on any atom is -0.450 e. The molecule has 0 spiro atoms. The van der Waals surface area contributed by atoms with Crippen molar-refractivity contribution in [2.24, 2.45) is 0 Å². The number of halogens is 1. The monoisotopic (exact) mass is 519 g/mol. The molecule has 1 unspecified atom stereocenters. The van der Waals surface area contributed by atoms with Crippen LogP contribution in [-0.2, 0) is 14.3 Å². The molecule has 0 radical (unpaired) electrons. The Hall–Kier alpha value is -2.92. The van der Waals surface area contributed by atoms with Crippen molar-refractivity contribution in [1.82, 2.24) is 19.6 Å². The number of amides is 3. The van der Waals surface area contributed by atoms with Crippen molar-refractivity contribution >= 4 is 56.0 Å². The number of imidazole rings is 1. The summed E-state index contributed by atoms with van der Waals surface area (Å²) in [5.74, 6) is -0.224. The van der Waals surface area contributed by atoms with E-state index in [1.807, 2.05) is 16.7 Å². The number of rotatable bonds is 6. The first-order valence-electron chi connectivity index (χ1n) is 10.2. The van der Waals surface area contributed by atoms with Crippen LogP contribution in [0.2, 0.25) is 0 Å². The number of nitrogens with zero attached hydrogens (tertiary/aromatic N) is 3. The van der Waals surface area contributed by atoms with E-state index in [1.54, 1.807) is 37.4 Å². The smallest absolute Gasteiger partial charge is 0.408 e. The first-order valence-corrected chi connectivity index (χ1v) is 11.8. The summed E-state index contributed by atoms with van der Waals surface area (Å²) in [6, 6.07) is 7.34. The number of alkyl carbamates (subject to hydrolysis) is 1. The standard InChI is InChI=1S/C21H22BrN5O4S/c1-2-31-21(30)25-17(13-7-4-3-5-8-13)19(29)27-10-6-9-14(27)18(28)23-16-12-26-11-15(22)32-20(26)24-16/h3-5,7-8,11-12,14,17H,2,6,9-10H2,1H3,(H,23,28)(H,25,30)/t14?,17-/m0/s1. The van der Waals surface area contributed by atoms with Gasteiger partial charge in [-0.3, -0.25) is 14.0 Å². The van der Waals surface area contributed by atoms with Crippen molar-refractivity contribution in [3.63, 3.8) is 0 Å². The van der Waals surface area contributed by atoms with Crippen LogP contribution in [0, 0.1) is 0 Å². The number of ether oxygens (including phenoxy) is 1. The Balaban J connectivity index is 1.51. The highest BCUT2D eigenvalue weighted by atomic mass is 79.9. The Morgan fingerprint density at radius 3 is 2.78 bits per heavy atom. The topological polar surface area (TPSA) is 105 Å². The fourth-order valence-electron chi connectivity index (χ4n) is 3.73. The van der Waals surface area contributed by atoms with Gasteiger partial charge in [0.15, 0.2) is 10.8 Å². The van der Waals surface area contributed by atoms with E-state index in [0.29, 0.717) is 30.8 Å². The Kier molecular flexibility index (Phi) is 6.75. The second-order valence-corrected chi connectivity index (χ2v) is 9.63. The number of anilines is 1. The van der Waals surface area contributed by atoms with Crippen molar-refractivity contribution < 1.29 is 19.1 Å². The van der Waals surface area contributed by atoms with E-state index in [2.05, 4.69) is 31.5 Å². The van der Waals surface area contributed by atoms with Gasteiger partial charge in [-0.15, -0.1) is 0 Å². The fraction of sp³-hybridized carbons (Fsp3) is 0.333. The van der Waals surface area contributed by atoms with Gasteiger partial charge in [-0.05, 0) is 41.3 Å². The normalized spacial score (nSPS) is 16.7. The van der Waals surface area contributed by atoms with Crippen LogP contribution in [0.15, 0.2) is 46.5 Å². The summed E-state index contributed by atoms with van der Waals surface area (Å²) >= 11 is 4.85. The van der Waals surface area contributed by atoms with Gasteiger partial charge in [-0.2, -0.15) is 0 Å². The number of benzene rings is 1. The molecule has 0 aliphatic carbocycles. The molecule has 1 aliphatic heterocycles. The summed E-state index contributed by atoms with van der Waals surface area (Å²) in [6.07, 6.45) is 4.13. The zero-order valence-electron chi connectivity index (χ0n) is 17.3. The molecule has 1 aliphatic rings. The fourth-order valence-corrected chi connectivity index (χ4v) is 5.08. The summed E-state index contributed by atoms with van der Waals surface area (Å²) in [4.78, 5) is 45.2. The lowest BCUT2D eigenvalue weighted by molar-refractivity contribution is -0.138. The SMILES string of the molecule is CCOC(=O)N[C@H](C(=O)N1CCCC1C(=O)Nc1cn2cc(Br)sc2n1)c1ccccc1. The van der Waals surface area contributed by atoms with E-state index in [1.165, 1.54) is 16.2 Å². The van der Waals surface area contributed by atoms with Crippen LogP contribution < -0.4 is 10.6 Å². The summed E-state index contributed by atoms with van der Waals surface area (Å²) in [7, 11) is 0.